The molecule has 1 heterocycles. The molecule has 1 atom stereocenters. The van der Waals surface area contributed by atoms with E-state index < -0.39 is 0 Å². The first kappa shape index (κ1) is 12.0. The van der Waals surface area contributed by atoms with Crippen LogP contribution in [0, 0.1) is 5.92 Å². The maximum Gasteiger partial charge on any atom is 0.192 e. The third-order valence-electron chi connectivity index (χ3n) is 2.63. The number of carbonyl (C=O) groups excluding carboxylic acids is 1. The van der Waals surface area contributed by atoms with E-state index in [1.165, 1.54) is 0 Å². The molecule has 1 aromatic rings. The highest BCUT2D eigenvalue weighted by atomic mass is 16.1. The van der Waals surface area contributed by atoms with Crippen molar-refractivity contribution in [3.63, 3.8) is 0 Å². The summed E-state index contributed by atoms with van der Waals surface area (Å²) in [6.07, 6.45) is 2.93. The Morgan fingerprint density at radius 3 is 2.87 bits per heavy atom. The summed E-state index contributed by atoms with van der Waals surface area (Å²) in [5.74, 6) is 0.803. The number of ketones is 1. The predicted octanol–water partition coefficient (Wildman–Crippen LogP) is 2.18. The summed E-state index contributed by atoms with van der Waals surface area (Å²) >= 11 is 0. The van der Waals surface area contributed by atoms with Crippen molar-refractivity contribution in [3.8, 4) is 0 Å². The molecule has 1 unspecified atom stereocenters. The van der Waals surface area contributed by atoms with Gasteiger partial charge in [0.2, 0.25) is 0 Å². The number of H-pyrrole nitrogens is 1. The number of rotatable bonds is 6. The van der Waals surface area contributed by atoms with Gasteiger partial charge in [0, 0.05) is 12.7 Å². The van der Waals surface area contributed by atoms with Gasteiger partial charge in [-0.15, -0.1) is 0 Å². The van der Waals surface area contributed by atoms with Gasteiger partial charge < -0.3 is 4.98 Å². The van der Waals surface area contributed by atoms with Crippen LogP contribution in [0.1, 0.15) is 30.8 Å². The van der Waals surface area contributed by atoms with Gasteiger partial charge in [-0.05, 0) is 25.1 Å². The fourth-order valence-corrected chi connectivity index (χ4v) is 1.56. The maximum atomic E-state index is 11.7. The van der Waals surface area contributed by atoms with Crippen molar-refractivity contribution in [1.82, 2.24) is 9.88 Å². The lowest BCUT2D eigenvalue weighted by atomic mass is 10.1. The molecule has 0 saturated carbocycles. The minimum atomic E-state index is 0.158. The molecule has 3 nitrogen and oxygen atoms in total. The van der Waals surface area contributed by atoms with Gasteiger partial charge in [0.05, 0.1) is 12.2 Å². The molecule has 0 aliphatic carbocycles. The van der Waals surface area contributed by atoms with Gasteiger partial charge in [-0.25, -0.2) is 0 Å². The van der Waals surface area contributed by atoms with E-state index in [9.17, 15) is 4.79 Å². The molecule has 1 N–H and O–H groups in total. The maximum absolute atomic E-state index is 11.7. The number of nitrogens with zero attached hydrogens (tertiary/aromatic N) is 1. The highest BCUT2D eigenvalue weighted by molar-refractivity contribution is 5.95. The number of likely N-dealkylation sites (N-methyl/N-ethyl adjacent to an activating group) is 1. The van der Waals surface area contributed by atoms with E-state index in [1.807, 2.05) is 19.2 Å². The summed E-state index contributed by atoms with van der Waals surface area (Å²) in [4.78, 5) is 16.7. The third kappa shape index (κ3) is 3.88. The van der Waals surface area contributed by atoms with Crippen molar-refractivity contribution < 1.29 is 4.79 Å². The van der Waals surface area contributed by atoms with Crippen molar-refractivity contribution in [2.45, 2.75) is 20.3 Å². The molecule has 0 aliphatic heterocycles. The topological polar surface area (TPSA) is 36.1 Å². The van der Waals surface area contributed by atoms with E-state index in [1.54, 1.807) is 6.20 Å². The Labute approximate surface area is 91.5 Å². The van der Waals surface area contributed by atoms with Crippen LogP contribution in [0.15, 0.2) is 18.3 Å². The minimum Gasteiger partial charge on any atom is -0.359 e. The SMILES string of the molecule is CCC(C)CN(C)CC(=O)c1ccc[nH]1. The monoisotopic (exact) mass is 208 g/mol. The van der Waals surface area contributed by atoms with Gasteiger partial charge >= 0.3 is 0 Å². The Morgan fingerprint density at radius 2 is 2.33 bits per heavy atom. The van der Waals surface area contributed by atoms with Crippen molar-refractivity contribution in [3.05, 3.63) is 24.0 Å². The molecule has 3 heteroatoms. The zero-order valence-corrected chi connectivity index (χ0v) is 9.79. The molecule has 0 amide bonds. The number of Topliss-reactive ketones (excluding diaryl/α,β-unsaturated/α-hetero) is 1. The van der Waals surface area contributed by atoms with Gasteiger partial charge in [0.15, 0.2) is 5.78 Å². The van der Waals surface area contributed by atoms with E-state index in [4.69, 9.17) is 0 Å². The van der Waals surface area contributed by atoms with Crippen LogP contribution in [0.4, 0.5) is 0 Å². The first-order chi connectivity index (χ1) is 7.13. The molecule has 84 valence electrons. The molecular formula is C12H20N2O. The summed E-state index contributed by atoms with van der Waals surface area (Å²) in [7, 11) is 1.99. The second kappa shape index (κ2) is 5.71. The van der Waals surface area contributed by atoms with Crippen LogP contribution in [0.25, 0.3) is 0 Å². The molecule has 0 fully saturated rings. The van der Waals surface area contributed by atoms with E-state index >= 15 is 0 Å². The number of aromatic amines is 1. The minimum absolute atomic E-state index is 0.158. The lowest BCUT2D eigenvalue weighted by Crippen LogP contribution is -2.30. The van der Waals surface area contributed by atoms with E-state index in [0.717, 1.165) is 13.0 Å². The number of hydrogen-bond acceptors (Lipinski definition) is 2. The molecule has 15 heavy (non-hydrogen) atoms. The van der Waals surface area contributed by atoms with E-state index in [-0.39, 0.29) is 5.78 Å². The smallest absolute Gasteiger partial charge is 0.192 e. The second-order valence-corrected chi connectivity index (χ2v) is 4.22. The van der Waals surface area contributed by atoms with Crippen molar-refractivity contribution >= 4 is 5.78 Å². The standard InChI is InChI=1S/C12H20N2O/c1-4-10(2)8-14(3)9-12(15)11-6-5-7-13-11/h5-7,10,13H,4,8-9H2,1-3H3. The van der Waals surface area contributed by atoms with Crippen molar-refractivity contribution in [2.75, 3.05) is 20.1 Å². The third-order valence-corrected chi connectivity index (χ3v) is 2.63. The molecule has 0 spiro atoms. The highest BCUT2D eigenvalue weighted by Gasteiger charge is 2.11. The Bertz CT molecular complexity index is 293. The first-order valence-electron chi connectivity index (χ1n) is 5.48. The van der Waals surface area contributed by atoms with Gasteiger partial charge in [0.25, 0.3) is 0 Å². The van der Waals surface area contributed by atoms with Gasteiger partial charge in [-0.3, -0.25) is 9.69 Å². The van der Waals surface area contributed by atoms with Crippen LogP contribution in [0.5, 0.6) is 0 Å². The van der Waals surface area contributed by atoms with Crippen LogP contribution < -0.4 is 0 Å². The highest BCUT2D eigenvalue weighted by Crippen LogP contribution is 2.04. The molecule has 1 aromatic heterocycles. The Morgan fingerprint density at radius 1 is 1.60 bits per heavy atom. The summed E-state index contributed by atoms with van der Waals surface area (Å²) in [5, 5.41) is 0. The van der Waals surface area contributed by atoms with Crippen LogP contribution in [-0.2, 0) is 0 Å². The average molecular weight is 208 g/mol. The van der Waals surface area contributed by atoms with Gasteiger partial charge in [0.1, 0.15) is 0 Å². The summed E-state index contributed by atoms with van der Waals surface area (Å²) in [5.41, 5.74) is 0.700. The first-order valence-corrected chi connectivity index (χ1v) is 5.48. The van der Waals surface area contributed by atoms with E-state index in [0.29, 0.717) is 18.2 Å². The van der Waals surface area contributed by atoms with E-state index in [2.05, 4.69) is 23.7 Å². The molecular weight excluding hydrogens is 188 g/mol. The molecule has 1 rings (SSSR count). The Kier molecular flexibility index (Phi) is 4.56. The van der Waals surface area contributed by atoms with Gasteiger partial charge in [-0.1, -0.05) is 20.3 Å². The quantitative estimate of drug-likeness (QED) is 0.727. The lowest BCUT2D eigenvalue weighted by molar-refractivity contribution is 0.0934. The van der Waals surface area contributed by atoms with Crippen LogP contribution in [-0.4, -0.2) is 35.8 Å². The van der Waals surface area contributed by atoms with Crippen molar-refractivity contribution in [1.29, 1.82) is 0 Å². The number of carbonyl (C=O) groups is 1. The van der Waals surface area contributed by atoms with Crippen LogP contribution >= 0.6 is 0 Å². The van der Waals surface area contributed by atoms with Crippen LogP contribution in [0.3, 0.4) is 0 Å². The Hall–Kier alpha value is -1.09. The summed E-state index contributed by atoms with van der Waals surface area (Å²) < 4.78 is 0. The average Bonchev–Trinajstić information content (AvgIpc) is 2.70. The molecule has 0 bridgehead atoms. The number of aromatic nitrogens is 1. The largest absolute Gasteiger partial charge is 0.359 e. The fourth-order valence-electron chi connectivity index (χ4n) is 1.56. The fraction of sp³-hybridized carbons (Fsp3) is 0.583. The normalized spacial score (nSPS) is 13.1. The molecule has 0 saturated heterocycles. The number of nitrogens with one attached hydrogen (secondary N) is 1. The van der Waals surface area contributed by atoms with Crippen molar-refractivity contribution in [2.24, 2.45) is 5.92 Å². The predicted molar refractivity (Wildman–Crippen MR) is 62.1 cm³/mol. The second-order valence-electron chi connectivity index (χ2n) is 4.22. The Balaban J connectivity index is 2.38. The molecule has 0 aromatic carbocycles. The lowest BCUT2D eigenvalue weighted by Gasteiger charge is -2.19. The summed E-state index contributed by atoms with van der Waals surface area (Å²) in [6.45, 7) is 5.84. The van der Waals surface area contributed by atoms with Crippen LogP contribution in [0.2, 0.25) is 0 Å². The summed E-state index contributed by atoms with van der Waals surface area (Å²) in [6, 6.07) is 3.67. The number of hydrogen-bond donors (Lipinski definition) is 1. The zero-order chi connectivity index (χ0) is 11.3. The molecule has 0 radical (unpaired) electrons. The molecule has 0 aliphatic rings. The zero-order valence-electron chi connectivity index (χ0n) is 9.79. The van der Waals surface area contributed by atoms with Gasteiger partial charge in [-0.2, -0.15) is 0 Å².